The highest BCUT2D eigenvalue weighted by Gasteiger charge is 2.27. The second-order valence-corrected chi connectivity index (χ2v) is 5.58. The van der Waals surface area contributed by atoms with E-state index in [-0.39, 0.29) is 18.0 Å². The zero-order chi connectivity index (χ0) is 15.4. The van der Waals surface area contributed by atoms with Gasteiger partial charge in [0.2, 0.25) is 0 Å². The van der Waals surface area contributed by atoms with Gasteiger partial charge in [0.25, 0.3) is 5.91 Å². The summed E-state index contributed by atoms with van der Waals surface area (Å²) in [4.78, 5) is 12.5. The summed E-state index contributed by atoms with van der Waals surface area (Å²) >= 11 is 0. The Morgan fingerprint density at radius 2 is 2.00 bits per heavy atom. The molecule has 5 nitrogen and oxygen atoms in total. The Kier molecular flexibility index (Phi) is 5.07. The summed E-state index contributed by atoms with van der Waals surface area (Å²) in [7, 11) is 3.14. The van der Waals surface area contributed by atoms with Crippen LogP contribution in [0.1, 0.15) is 37.0 Å². The van der Waals surface area contributed by atoms with Crippen LogP contribution in [0.4, 0.5) is 0 Å². The van der Waals surface area contributed by atoms with E-state index in [4.69, 9.17) is 9.47 Å². The number of rotatable bonds is 4. The molecule has 21 heavy (non-hydrogen) atoms. The molecule has 2 N–H and O–H groups in total. The van der Waals surface area contributed by atoms with Gasteiger partial charge >= 0.3 is 0 Å². The fraction of sp³-hybridized carbons (Fsp3) is 0.562. The average molecular weight is 292 g/mol. The van der Waals surface area contributed by atoms with E-state index < -0.39 is 0 Å². The maximum absolute atomic E-state index is 12.5. The van der Waals surface area contributed by atoms with E-state index in [1.54, 1.807) is 32.4 Å². The van der Waals surface area contributed by atoms with Gasteiger partial charge in [-0.2, -0.15) is 0 Å². The second-order valence-electron chi connectivity index (χ2n) is 5.58. The highest BCUT2D eigenvalue weighted by atomic mass is 16.5. The summed E-state index contributed by atoms with van der Waals surface area (Å²) < 4.78 is 10.4. The standard InChI is InChI=1S/C16H24N2O3/c1-10-5-8-14(11(2)17-10)18-16(19)13-7-6-12(20-3)9-15(13)21-4/h6-7,9-11,14,17H,5,8H2,1-4H3,(H,18,19). The molecule has 0 saturated carbocycles. The highest BCUT2D eigenvalue weighted by molar-refractivity contribution is 5.97. The lowest BCUT2D eigenvalue weighted by Gasteiger charge is -2.34. The lowest BCUT2D eigenvalue weighted by atomic mass is 9.95. The lowest BCUT2D eigenvalue weighted by molar-refractivity contribution is 0.0911. The van der Waals surface area contributed by atoms with Crippen LogP contribution >= 0.6 is 0 Å². The summed E-state index contributed by atoms with van der Waals surface area (Å²) in [6, 6.07) is 6.13. The molecule has 5 heteroatoms. The van der Waals surface area contributed by atoms with Crippen molar-refractivity contribution in [3.05, 3.63) is 23.8 Å². The van der Waals surface area contributed by atoms with Gasteiger partial charge in [0.05, 0.1) is 19.8 Å². The van der Waals surface area contributed by atoms with Crippen LogP contribution in [0.5, 0.6) is 11.5 Å². The first-order chi connectivity index (χ1) is 10.0. The van der Waals surface area contributed by atoms with Gasteiger partial charge in [-0.3, -0.25) is 4.79 Å². The smallest absolute Gasteiger partial charge is 0.255 e. The molecule has 0 aromatic heterocycles. The topological polar surface area (TPSA) is 59.6 Å². The Hall–Kier alpha value is -1.75. The normalized spacial score (nSPS) is 25.2. The fourth-order valence-corrected chi connectivity index (χ4v) is 2.76. The van der Waals surface area contributed by atoms with Crippen LogP contribution in [0.25, 0.3) is 0 Å². The average Bonchev–Trinajstić information content (AvgIpc) is 2.49. The van der Waals surface area contributed by atoms with E-state index in [0.29, 0.717) is 23.1 Å². The maximum atomic E-state index is 12.5. The van der Waals surface area contributed by atoms with E-state index in [9.17, 15) is 4.79 Å². The van der Waals surface area contributed by atoms with Gasteiger partial charge in [-0.25, -0.2) is 0 Å². The predicted octanol–water partition coefficient (Wildman–Crippen LogP) is 1.96. The number of methoxy groups -OCH3 is 2. The Bertz CT molecular complexity index is 504. The molecular weight excluding hydrogens is 268 g/mol. The van der Waals surface area contributed by atoms with E-state index in [1.807, 2.05) is 0 Å². The lowest BCUT2D eigenvalue weighted by Crippen LogP contribution is -2.54. The molecule has 0 radical (unpaired) electrons. The Labute approximate surface area is 126 Å². The van der Waals surface area contributed by atoms with Crippen LogP contribution in [-0.2, 0) is 0 Å². The van der Waals surface area contributed by atoms with Crippen molar-refractivity contribution in [1.29, 1.82) is 0 Å². The summed E-state index contributed by atoms with van der Waals surface area (Å²) in [6.07, 6.45) is 2.05. The Morgan fingerprint density at radius 3 is 2.62 bits per heavy atom. The van der Waals surface area contributed by atoms with Gasteiger partial charge < -0.3 is 20.1 Å². The molecule has 0 bridgehead atoms. The second kappa shape index (κ2) is 6.80. The van der Waals surface area contributed by atoms with Gasteiger partial charge in [0.1, 0.15) is 11.5 Å². The molecule has 0 spiro atoms. The molecule has 0 aliphatic carbocycles. The van der Waals surface area contributed by atoms with E-state index in [0.717, 1.165) is 12.8 Å². The first-order valence-corrected chi connectivity index (χ1v) is 7.34. The van der Waals surface area contributed by atoms with Crippen LogP contribution in [0.2, 0.25) is 0 Å². The number of nitrogens with one attached hydrogen (secondary N) is 2. The SMILES string of the molecule is COc1ccc(C(=O)NC2CCC(C)NC2C)c(OC)c1. The number of benzene rings is 1. The quantitative estimate of drug-likeness (QED) is 0.890. The molecule has 1 heterocycles. The molecule has 1 fully saturated rings. The van der Waals surface area contributed by atoms with Crippen LogP contribution in [0.15, 0.2) is 18.2 Å². The Morgan fingerprint density at radius 1 is 1.24 bits per heavy atom. The van der Waals surface area contributed by atoms with Crippen molar-refractivity contribution in [1.82, 2.24) is 10.6 Å². The molecule has 1 aliphatic rings. The summed E-state index contributed by atoms with van der Waals surface area (Å²) in [5.74, 6) is 1.09. The molecule has 1 aliphatic heterocycles. The number of amides is 1. The van der Waals surface area contributed by atoms with Crippen LogP contribution in [0, 0.1) is 0 Å². The maximum Gasteiger partial charge on any atom is 0.255 e. The largest absolute Gasteiger partial charge is 0.497 e. The highest BCUT2D eigenvalue weighted by Crippen LogP contribution is 2.25. The van der Waals surface area contributed by atoms with Crippen molar-refractivity contribution in [2.75, 3.05) is 14.2 Å². The summed E-state index contributed by atoms with van der Waals surface area (Å²) in [5.41, 5.74) is 0.532. The van der Waals surface area contributed by atoms with Crippen molar-refractivity contribution in [2.45, 2.75) is 44.8 Å². The summed E-state index contributed by atoms with van der Waals surface area (Å²) in [6.45, 7) is 4.27. The van der Waals surface area contributed by atoms with Crippen molar-refractivity contribution in [3.63, 3.8) is 0 Å². The molecular formula is C16H24N2O3. The minimum Gasteiger partial charge on any atom is -0.497 e. The van der Waals surface area contributed by atoms with E-state index >= 15 is 0 Å². The number of piperidine rings is 1. The predicted molar refractivity (Wildman–Crippen MR) is 82.1 cm³/mol. The van der Waals surface area contributed by atoms with Crippen LogP contribution in [0.3, 0.4) is 0 Å². The summed E-state index contributed by atoms with van der Waals surface area (Å²) in [5, 5.41) is 6.56. The fourth-order valence-electron chi connectivity index (χ4n) is 2.76. The van der Waals surface area contributed by atoms with Crippen molar-refractivity contribution >= 4 is 5.91 Å². The van der Waals surface area contributed by atoms with Crippen molar-refractivity contribution in [3.8, 4) is 11.5 Å². The molecule has 3 atom stereocenters. The number of carbonyl (C=O) groups is 1. The molecule has 1 aromatic carbocycles. The minimum absolute atomic E-state index is 0.109. The number of hydrogen-bond acceptors (Lipinski definition) is 4. The van der Waals surface area contributed by atoms with Crippen LogP contribution in [-0.4, -0.2) is 38.3 Å². The number of hydrogen-bond donors (Lipinski definition) is 2. The zero-order valence-electron chi connectivity index (χ0n) is 13.1. The zero-order valence-corrected chi connectivity index (χ0v) is 13.1. The molecule has 3 unspecified atom stereocenters. The molecule has 116 valence electrons. The van der Waals surface area contributed by atoms with Gasteiger partial charge in [0, 0.05) is 24.2 Å². The van der Waals surface area contributed by atoms with Crippen LogP contribution < -0.4 is 20.1 Å². The number of carbonyl (C=O) groups excluding carboxylic acids is 1. The molecule has 1 saturated heterocycles. The first kappa shape index (κ1) is 15.6. The molecule has 1 amide bonds. The number of ether oxygens (including phenoxy) is 2. The van der Waals surface area contributed by atoms with Crippen molar-refractivity contribution in [2.24, 2.45) is 0 Å². The first-order valence-electron chi connectivity index (χ1n) is 7.34. The van der Waals surface area contributed by atoms with Gasteiger partial charge in [-0.05, 0) is 38.8 Å². The van der Waals surface area contributed by atoms with E-state index in [2.05, 4.69) is 24.5 Å². The minimum atomic E-state index is -0.109. The third-order valence-corrected chi connectivity index (χ3v) is 4.03. The third-order valence-electron chi connectivity index (χ3n) is 4.03. The molecule has 1 aromatic rings. The van der Waals surface area contributed by atoms with Gasteiger partial charge in [-0.15, -0.1) is 0 Å². The van der Waals surface area contributed by atoms with Crippen molar-refractivity contribution < 1.29 is 14.3 Å². The van der Waals surface area contributed by atoms with Gasteiger partial charge in [0.15, 0.2) is 0 Å². The van der Waals surface area contributed by atoms with Gasteiger partial charge in [-0.1, -0.05) is 0 Å². The third kappa shape index (κ3) is 3.67. The monoisotopic (exact) mass is 292 g/mol. The van der Waals surface area contributed by atoms with E-state index in [1.165, 1.54) is 0 Å². The Balaban J connectivity index is 2.09. The molecule has 2 rings (SSSR count).